The lowest BCUT2D eigenvalue weighted by molar-refractivity contribution is -0.385. The zero-order chi connectivity index (χ0) is 15.5. The molecule has 0 aromatic heterocycles. The van der Waals surface area contributed by atoms with Gasteiger partial charge in [0.2, 0.25) is 10.0 Å². The van der Waals surface area contributed by atoms with Crippen molar-refractivity contribution in [1.82, 2.24) is 0 Å². The molecule has 7 nitrogen and oxygen atoms in total. The minimum Gasteiger partial charge on any atom is -0.489 e. The summed E-state index contributed by atoms with van der Waals surface area (Å²) in [6.45, 7) is 0. The number of sulfonamides is 1. The summed E-state index contributed by atoms with van der Waals surface area (Å²) in [5, 5.41) is 15.9. The van der Waals surface area contributed by atoms with Gasteiger partial charge in [-0.1, -0.05) is 12.8 Å². The topological polar surface area (TPSA) is 113 Å². The van der Waals surface area contributed by atoms with E-state index in [4.69, 9.17) is 9.88 Å². The van der Waals surface area contributed by atoms with Crippen LogP contribution in [0.15, 0.2) is 23.1 Å². The molecule has 1 aliphatic rings. The minimum atomic E-state index is -4.08. The zero-order valence-electron chi connectivity index (χ0n) is 11.5. The minimum absolute atomic E-state index is 0.0746. The molecule has 0 saturated heterocycles. The SMILES string of the molecule is NS(=O)(=O)c1cc([N+](=O)[O-])ccc1OC1CCCCCC1. The largest absolute Gasteiger partial charge is 0.489 e. The van der Waals surface area contributed by atoms with Gasteiger partial charge >= 0.3 is 0 Å². The molecule has 116 valence electrons. The van der Waals surface area contributed by atoms with Crippen molar-refractivity contribution in [3.8, 4) is 5.75 Å². The first-order valence-corrected chi connectivity index (χ1v) is 8.40. The second-order valence-corrected chi connectivity index (χ2v) is 6.69. The Labute approximate surface area is 123 Å². The van der Waals surface area contributed by atoms with Gasteiger partial charge in [0, 0.05) is 12.1 Å². The van der Waals surface area contributed by atoms with Crippen LogP contribution in [0.1, 0.15) is 38.5 Å². The summed E-state index contributed by atoms with van der Waals surface area (Å²) >= 11 is 0. The molecule has 0 amide bonds. The Hall–Kier alpha value is -1.67. The van der Waals surface area contributed by atoms with E-state index < -0.39 is 14.9 Å². The summed E-state index contributed by atoms with van der Waals surface area (Å²) in [6.07, 6.45) is 5.96. The Bertz CT molecular complexity index is 621. The number of nitro groups is 1. The van der Waals surface area contributed by atoms with Crippen molar-refractivity contribution in [2.75, 3.05) is 0 Å². The molecular formula is C13H18N2O5S. The molecule has 1 aliphatic carbocycles. The van der Waals surface area contributed by atoms with Crippen molar-refractivity contribution < 1.29 is 18.1 Å². The first-order chi connectivity index (χ1) is 9.88. The number of ether oxygens (including phenoxy) is 1. The summed E-state index contributed by atoms with van der Waals surface area (Å²) in [7, 11) is -4.08. The molecule has 1 aromatic carbocycles. The highest BCUT2D eigenvalue weighted by molar-refractivity contribution is 7.89. The van der Waals surface area contributed by atoms with E-state index in [-0.39, 0.29) is 22.4 Å². The number of non-ortho nitro benzene ring substituents is 1. The average Bonchev–Trinajstić information content (AvgIpc) is 2.66. The summed E-state index contributed by atoms with van der Waals surface area (Å²) in [6, 6.07) is 3.48. The fraction of sp³-hybridized carbons (Fsp3) is 0.538. The second-order valence-electron chi connectivity index (χ2n) is 5.16. The molecule has 2 N–H and O–H groups in total. The van der Waals surface area contributed by atoms with Crippen LogP contribution in [0.5, 0.6) is 5.75 Å². The van der Waals surface area contributed by atoms with Crippen LogP contribution in [-0.2, 0) is 10.0 Å². The molecular weight excluding hydrogens is 296 g/mol. The van der Waals surface area contributed by atoms with Crippen molar-refractivity contribution in [3.05, 3.63) is 28.3 Å². The molecule has 21 heavy (non-hydrogen) atoms. The van der Waals surface area contributed by atoms with Crippen molar-refractivity contribution in [2.45, 2.75) is 49.5 Å². The van der Waals surface area contributed by atoms with Crippen LogP contribution in [0.25, 0.3) is 0 Å². The van der Waals surface area contributed by atoms with Crippen LogP contribution in [0.4, 0.5) is 5.69 Å². The maximum atomic E-state index is 11.6. The molecule has 0 atom stereocenters. The molecule has 1 fully saturated rings. The van der Waals surface area contributed by atoms with Crippen molar-refractivity contribution in [2.24, 2.45) is 5.14 Å². The monoisotopic (exact) mass is 314 g/mol. The first-order valence-electron chi connectivity index (χ1n) is 6.86. The normalized spacial score (nSPS) is 17.2. The second kappa shape index (κ2) is 6.40. The third kappa shape index (κ3) is 4.15. The van der Waals surface area contributed by atoms with Crippen molar-refractivity contribution >= 4 is 15.7 Å². The molecule has 0 radical (unpaired) electrons. The van der Waals surface area contributed by atoms with Gasteiger partial charge in [0.1, 0.15) is 10.6 Å². The van der Waals surface area contributed by atoms with E-state index in [2.05, 4.69) is 0 Å². The third-order valence-electron chi connectivity index (χ3n) is 3.54. The van der Waals surface area contributed by atoms with Gasteiger partial charge < -0.3 is 4.74 Å². The van der Waals surface area contributed by atoms with Gasteiger partial charge in [-0.05, 0) is 31.7 Å². The zero-order valence-corrected chi connectivity index (χ0v) is 12.3. The predicted molar refractivity (Wildman–Crippen MR) is 76.6 cm³/mol. The summed E-state index contributed by atoms with van der Waals surface area (Å²) in [5.74, 6) is 0.0926. The number of nitro benzene ring substituents is 1. The number of primary sulfonamides is 1. The van der Waals surface area contributed by atoms with Crippen molar-refractivity contribution in [3.63, 3.8) is 0 Å². The Morgan fingerprint density at radius 3 is 2.33 bits per heavy atom. The van der Waals surface area contributed by atoms with Crippen LogP contribution < -0.4 is 9.88 Å². The van der Waals surface area contributed by atoms with Gasteiger partial charge in [0.25, 0.3) is 5.69 Å². The molecule has 0 spiro atoms. The first kappa shape index (κ1) is 15.7. The number of hydrogen-bond acceptors (Lipinski definition) is 5. The van der Waals surface area contributed by atoms with E-state index in [1.165, 1.54) is 12.1 Å². The number of benzene rings is 1. The highest BCUT2D eigenvalue weighted by Crippen LogP contribution is 2.30. The number of nitrogens with zero attached hydrogens (tertiary/aromatic N) is 1. The van der Waals surface area contributed by atoms with Gasteiger partial charge in [-0.25, -0.2) is 13.6 Å². The Morgan fingerprint density at radius 2 is 1.81 bits per heavy atom. The molecule has 2 rings (SSSR count). The quantitative estimate of drug-likeness (QED) is 0.520. The van der Waals surface area contributed by atoms with Crippen LogP contribution in [0, 0.1) is 10.1 Å². The molecule has 1 aromatic rings. The Balaban J connectivity index is 2.31. The summed E-state index contributed by atoms with van der Waals surface area (Å²) in [4.78, 5) is 9.76. The predicted octanol–water partition coefficient (Wildman–Crippen LogP) is 2.34. The number of hydrogen-bond donors (Lipinski definition) is 1. The molecule has 8 heteroatoms. The molecule has 0 aliphatic heterocycles. The van der Waals surface area contributed by atoms with E-state index in [0.29, 0.717) is 0 Å². The van der Waals surface area contributed by atoms with E-state index in [9.17, 15) is 18.5 Å². The Kier molecular flexibility index (Phi) is 4.79. The fourth-order valence-electron chi connectivity index (χ4n) is 2.47. The summed E-state index contributed by atoms with van der Waals surface area (Å²) in [5.41, 5.74) is -0.327. The highest BCUT2D eigenvalue weighted by atomic mass is 32.2. The lowest BCUT2D eigenvalue weighted by Crippen LogP contribution is -2.19. The Morgan fingerprint density at radius 1 is 1.19 bits per heavy atom. The van der Waals surface area contributed by atoms with Gasteiger partial charge in [0.05, 0.1) is 11.0 Å². The molecule has 1 saturated carbocycles. The lowest BCUT2D eigenvalue weighted by atomic mass is 10.1. The van der Waals surface area contributed by atoms with Gasteiger partial charge in [0.15, 0.2) is 0 Å². The average molecular weight is 314 g/mol. The van der Waals surface area contributed by atoms with Gasteiger partial charge in [-0.3, -0.25) is 10.1 Å². The van der Waals surface area contributed by atoms with Gasteiger partial charge in [-0.2, -0.15) is 0 Å². The molecule has 0 bridgehead atoms. The van der Waals surface area contributed by atoms with Crippen LogP contribution in [-0.4, -0.2) is 19.4 Å². The summed E-state index contributed by atoms with van der Waals surface area (Å²) < 4.78 is 29.0. The highest BCUT2D eigenvalue weighted by Gasteiger charge is 2.23. The van der Waals surface area contributed by atoms with E-state index in [0.717, 1.165) is 44.6 Å². The molecule has 0 heterocycles. The number of nitrogens with two attached hydrogens (primary N) is 1. The van der Waals surface area contributed by atoms with Crippen LogP contribution >= 0.6 is 0 Å². The third-order valence-corrected chi connectivity index (χ3v) is 4.47. The fourth-order valence-corrected chi connectivity index (χ4v) is 3.15. The van der Waals surface area contributed by atoms with Gasteiger partial charge in [-0.15, -0.1) is 0 Å². The van der Waals surface area contributed by atoms with Crippen LogP contribution in [0.3, 0.4) is 0 Å². The van der Waals surface area contributed by atoms with Crippen molar-refractivity contribution in [1.29, 1.82) is 0 Å². The number of rotatable bonds is 4. The van der Waals surface area contributed by atoms with E-state index in [1.54, 1.807) is 0 Å². The lowest BCUT2D eigenvalue weighted by Gasteiger charge is -2.18. The maximum Gasteiger partial charge on any atom is 0.271 e. The maximum absolute atomic E-state index is 11.6. The van der Waals surface area contributed by atoms with E-state index >= 15 is 0 Å². The van der Waals surface area contributed by atoms with E-state index in [1.807, 2.05) is 0 Å². The van der Waals surface area contributed by atoms with Crippen LogP contribution in [0.2, 0.25) is 0 Å². The smallest absolute Gasteiger partial charge is 0.271 e. The molecule has 0 unspecified atom stereocenters. The standard InChI is InChI=1S/C13H18N2O5S/c14-21(18,19)13-9-10(15(16)17)7-8-12(13)20-11-5-3-1-2-4-6-11/h7-9,11H,1-6H2,(H2,14,18,19).